The van der Waals surface area contributed by atoms with E-state index in [1.807, 2.05) is 30.6 Å². The van der Waals surface area contributed by atoms with E-state index in [1.54, 1.807) is 0 Å². The molecule has 0 N–H and O–H groups in total. The molecule has 5 nitrogen and oxygen atoms in total. The lowest BCUT2D eigenvalue weighted by molar-refractivity contribution is 1.13. The summed E-state index contributed by atoms with van der Waals surface area (Å²) < 4.78 is 0. The molecule has 0 saturated heterocycles. The van der Waals surface area contributed by atoms with Crippen LogP contribution < -0.4 is 31.1 Å². The van der Waals surface area contributed by atoms with Gasteiger partial charge in [0, 0.05) is 51.1 Å². The molecule has 0 unspecified atom stereocenters. The van der Waals surface area contributed by atoms with Gasteiger partial charge < -0.3 is 9.80 Å². The molecule has 10 aromatic rings. The molecule has 0 radical (unpaired) electrons. The second kappa shape index (κ2) is 15.8. The topological polar surface area (TPSA) is 35.5 Å². The van der Waals surface area contributed by atoms with Crippen molar-refractivity contribution in [3.63, 3.8) is 0 Å². The van der Waals surface area contributed by atoms with E-state index in [4.69, 9.17) is 9.97 Å². The first-order chi connectivity index (χ1) is 31.8. The van der Waals surface area contributed by atoms with Gasteiger partial charge in [0.15, 0.2) is 5.82 Å². The Kier molecular flexibility index (Phi) is 9.19. The molecule has 0 saturated carbocycles. The largest absolute Gasteiger partial charge is 0.311 e. The molecular weight excluding hydrogens is 777 g/mol. The van der Waals surface area contributed by atoms with Crippen LogP contribution in [0.4, 0.5) is 51.3 Å². The molecule has 300 valence electrons. The number of para-hydroxylation sites is 2. The lowest BCUT2D eigenvalue weighted by Crippen LogP contribution is -2.61. The molecule has 64 heavy (non-hydrogen) atoms. The van der Waals surface area contributed by atoms with Gasteiger partial charge in [0.05, 0.1) is 18.1 Å². The predicted octanol–water partition coefficient (Wildman–Crippen LogP) is 13.0. The van der Waals surface area contributed by atoms with E-state index < -0.39 is 0 Å². The van der Waals surface area contributed by atoms with Crippen molar-refractivity contribution in [1.82, 2.24) is 9.97 Å². The summed E-state index contributed by atoms with van der Waals surface area (Å²) in [7, 11) is 0. The minimum Gasteiger partial charge on any atom is -0.311 e. The summed E-state index contributed by atoms with van der Waals surface area (Å²) in [6.07, 6.45) is 3.82. The third kappa shape index (κ3) is 6.43. The molecule has 1 aromatic heterocycles. The zero-order valence-electron chi connectivity index (χ0n) is 34.9. The maximum Gasteiger partial charge on any atom is 0.252 e. The first kappa shape index (κ1) is 37.3. The first-order valence-corrected chi connectivity index (χ1v) is 21.8. The van der Waals surface area contributed by atoms with Gasteiger partial charge in [-0.3, -0.25) is 9.88 Å². The van der Waals surface area contributed by atoms with Crippen LogP contribution in [0.1, 0.15) is 0 Å². The molecule has 2 aliphatic heterocycles. The van der Waals surface area contributed by atoms with Crippen LogP contribution in [-0.4, -0.2) is 16.7 Å². The summed E-state index contributed by atoms with van der Waals surface area (Å²) in [5.41, 5.74) is 18.9. The summed E-state index contributed by atoms with van der Waals surface area (Å²) in [4.78, 5) is 17.3. The monoisotopic (exact) mass is 817 g/mol. The molecule has 6 heteroatoms. The number of fused-ring (bicyclic) bond motifs is 4. The molecule has 0 amide bonds. The summed E-state index contributed by atoms with van der Waals surface area (Å²) in [6, 6.07) is 82.5. The highest BCUT2D eigenvalue weighted by molar-refractivity contribution is 7.00. The highest BCUT2D eigenvalue weighted by Gasteiger charge is 2.44. The molecule has 2 aliphatic rings. The fourth-order valence-corrected chi connectivity index (χ4v) is 9.64. The van der Waals surface area contributed by atoms with Crippen molar-refractivity contribution in [3.05, 3.63) is 243 Å². The summed E-state index contributed by atoms with van der Waals surface area (Å²) in [6.45, 7) is -0.0710. The van der Waals surface area contributed by atoms with Gasteiger partial charge in [0.25, 0.3) is 6.71 Å². The Morgan fingerprint density at radius 2 is 0.859 bits per heavy atom. The molecule has 0 spiro atoms. The van der Waals surface area contributed by atoms with Gasteiger partial charge in [0.2, 0.25) is 0 Å². The fraction of sp³-hybridized carbons (Fsp3) is 0. The standard InChI is InChI=1S/C58H40BN5/c1-6-18-41(19-7-1)44-24-16-29-48(36-44)63-53-30-17-31-54-58(53)59(51-35-33-49(38-56(51)63)62(46-25-12-4-13-26-46)47-27-14-5-15-28-47)50-34-32-45(42-20-8-2-9-21-42)37-55(50)64(54)57-40-60-52(39-61-57)43-22-10-3-11-23-43/h1-40H. The minimum atomic E-state index is -0.0710. The van der Waals surface area contributed by atoms with Crippen LogP contribution in [0.3, 0.4) is 0 Å². The third-order valence-corrected chi connectivity index (χ3v) is 12.5. The van der Waals surface area contributed by atoms with Crippen LogP contribution in [0.2, 0.25) is 0 Å². The first-order valence-electron chi connectivity index (χ1n) is 21.8. The predicted molar refractivity (Wildman–Crippen MR) is 267 cm³/mol. The molecule has 0 aliphatic carbocycles. The van der Waals surface area contributed by atoms with Crippen molar-refractivity contribution in [2.24, 2.45) is 0 Å². The minimum absolute atomic E-state index is 0.0710. The van der Waals surface area contributed by atoms with Gasteiger partial charge in [-0.1, -0.05) is 164 Å². The number of benzene rings is 9. The number of anilines is 9. The second-order valence-electron chi connectivity index (χ2n) is 16.2. The van der Waals surface area contributed by atoms with Crippen LogP contribution in [0, 0.1) is 0 Å². The van der Waals surface area contributed by atoms with Crippen LogP contribution in [0.25, 0.3) is 33.5 Å². The normalized spacial score (nSPS) is 12.3. The average molecular weight is 818 g/mol. The quantitative estimate of drug-likeness (QED) is 0.143. The van der Waals surface area contributed by atoms with Crippen LogP contribution in [0.15, 0.2) is 243 Å². The lowest BCUT2D eigenvalue weighted by atomic mass is 9.33. The van der Waals surface area contributed by atoms with Gasteiger partial charge in [-0.05, 0) is 105 Å². The Bertz CT molecular complexity index is 3240. The smallest absolute Gasteiger partial charge is 0.252 e. The van der Waals surface area contributed by atoms with Crippen molar-refractivity contribution in [2.45, 2.75) is 0 Å². The maximum absolute atomic E-state index is 5.18. The summed E-state index contributed by atoms with van der Waals surface area (Å²) in [5.74, 6) is 0.762. The number of hydrogen-bond donors (Lipinski definition) is 0. The Hall–Kier alpha value is -8.48. The van der Waals surface area contributed by atoms with Crippen molar-refractivity contribution < 1.29 is 0 Å². The molecule has 0 atom stereocenters. The van der Waals surface area contributed by atoms with E-state index in [2.05, 4.69) is 227 Å². The maximum atomic E-state index is 5.18. The van der Waals surface area contributed by atoms with Gasteiger partial charge in [-0.2, -0.15) is 0 Å². The van der Waals surface area contributed by atoms with Crippen LogP contribution in [-0.2, 0) is 0 Å². The van der Waals surface area contributed by atoms with Crippen LogP contribution >= 0.6 is 0 Å². The van der Waals surface area contributed by atoms with Gasteiger partial charge in [-0.25, -0.2) is 4.98 Å². The third-order valence-electron chi connectivity index (χ3n) is 12.5. The van der Waals surface area contributed by atoms with Crippen molar-refractivity contribution in [1.29, 1.82) is 0 Å². The van der Waals surface area contributed by atoms with E-state index in [0.29, 0.717) is 0 Å². The zero-order chi connectivity index (χ0) is 42.4. The van der Waals surface area contributed by atoms with Gasteiger partial charge in [0.1, 0.15) is 0 Å². The van der Waals surface area contributed by atoms with E-state index in [9.17, 15) is 0 Å². The van der Waals surface area contributed by atoms with Crippen molar-refractivity contribution >= 4 is 74.4 Å². The molecule has 12 rings (SSSR count). The molecule has 9 aromatic carbocycles. The Balaban J connectivity index is 1.11. The van der Waals surface area contributed by atoms with E-state index in [1.165, 1.54) is 22.0 Å². The van der Waals surface area contributed by atoms with E-state index in [0.717, 1.165) is 79.3 Å². The Morgan fingerprint density at radius 3 is 1.47 bits per heavy atom. The molecule has 3 heterocycles. The Morgan fingerprint density at radius 1 is 0.344 bits per heavy atom. The molecule has 0 bridgehead atoms. The van der Waals surface area contributed by atoms with Crippen LogP contribution in [0.5, 0.6) is 0 Å². The second-order valence-corrected chi connectivity index (χ2v) is 16.2. The van der Waals surface area contributed by atoms with Crippen molar-refractivity contribution in [3.8, 4) is 33.5 Å². The highest BCUT2D eigenvalue weighted by atomic mass is 15.2. The number of rotatable bonds is 8. The SMILES string of the molecule is c1ccc(-c2cccc(N3c4cc(N(c5ccccc5)c5ccccc5)ccc4B4c5ccc(-c6ccccc6)cc5N(c5cnc(-c6ccccc6)cn5)c5cccc3c54)c2)cc1. The van der Waals surface area contributed by atoms with E-state index in [-0.39, 0.29) is 6.71 Å². The molecule has 0 fully saturated rings. The number of aromatic nitrogens is 2. The summed E-state index contributed by atoms with van der Waals surface area (Å²) >= 11 is 0. The summed E-state index contributed by atoms with van der Waals surface area (Å²) in [5, 5.41) is 0. The van der Waals surface area contributed by atoms with Gasteiger partial charge in [-0.15, -0.1) is 0 Å². The Labute approximate surface area is 373 Å². The molecular formula is C58H40BN5. The average Bonchev–Trinajstić information content (AvgIpc) is 3.38. The van der Waals surface area contributed by atoms with Crippen molar-refractivity contribution in [2.75, 3.05) is 14.7 Å². The van der Waals surface area contributed by atoms with E-state index >= 15 is 0 Å². The van der Waals surface area contributed by atoms with Gasteiger partial charge >= 0.3 is 0 Å². The number of nitrogens with zero attached hydrogens (tertiary/aromatic N) is 5. The number of hydrogen-bond acceptors (Lipinski definition) is 5. The lowest BCUT2D eigenvalue weighted by Gasteiger charge is -2.44. The highest BCUT2D eigenvalue weighted by Crippen LogP contribution is 2.46. The fourth-order valence-electron chi connectivity index (χ4n) is 9.64. The zero-order valence-corrected chi connectivity index (χ0v) is 34.9.